The molecule has 260 valence electrons. The van der Waals surface area contributed by atoms with Gasteiger partial charge in [0.05, 0.1) is 51.3 Å². The van der Waals surface area contributed by atoms with Gasteiger partial charge < -0.3 is 19.0 Å². The van der Waals surface area contributed by atoms with Gasteiger partial charge in [-0.3, -0.25) is 5.41 Å². The van der Waals surface area contributed by atoms with Gasteiger partial charge in [-0.05, 0) is 53.2 Å². The Labute approximate surface area is 317 Å². The van der Waals surface area contributed by atoms with Crippen molar-refractivity contribution in [3.8, 4) is 11.4 Å². The minimum absolute atomic E-state index is 0.459. The first-order valence-corrected chi connectivity index (χ1v) is 18.7. The Bertz CT molecular complexity index is 3260. The first kappa shape index (κ1) is 31.2. The zero-order valence-corrected chi connectivity index (χ0v) is 29.9. The van der Waals surface area contributed by atoms with Crippen molar-refractivity contribution in [1.82, 2.24) is 13.7 Å². The molecule has 0 spiro atoms. The maximum atomic E-state index is 9.88. The highest BCUT2D eigenvalue weighted by Crippen LogP contribution is 2.43. The molecule has 0 radical (unpaired) electrons. The van der Waals surface area contributed by atoms with E-state index in [9.17, 15) is 5.41 Å². The molecule has 5 nitrogen and oxygen atoms in total. The molecule has 0 saturated carbocycles. The third-order valence-electron chi connectivity index (χ3n) is 11.2. The number of hydrogen-bond donors (Lipinski definition) is 2. The molecule has 0 aliphatic heterocycles. The van der Waals surface area contributed by atoms with Crippen molar-refractivity contribution in [3.63, 3.8) is 0 Å². The standard InChI is InChI=1S/C50H35N5/c51-46(34-17-4-1-5-18-34)50-47(45-37-23-11-10-16-33(37)28-31-44(45)55(50)36-21-8-3-9-22-36)52-32-53-42-26-14-12-24-38(42)40-29-30-41-39-25-13-15-27-43(39)54(49(41)48(40)53)35-19-6-2-7-20-35/h1-31,51-52H,32H2. The van der Waals surface area contributed by atoms with E-state index in [1.54, 1.807) is 0 Å². The number of anilines is 1. The summed E-state index contributed by atoms with van der Waals surface area (Å²) in [6.07, 6.45) is 0. The van der Waals surface area contributed by atoms with Crippen molar-refractivity contribution in [2.45, 2.75) is 6.67 Å². The van der Waals surface area contributed by atoms with Crippen LogP contribution in [0.2, 0.25) is 0 Å². The van der Waals surface area contributed by atoms with Gasteiger partial charge in [-0.15, -0.1) is 0 Å². The summed E-state index contributed by atoms with van der Waals surface area (Å²) < 4.78 is 7.13. The molecule has 0 amide bonds. The Hall–Kier alpha value is -7.37. The molecule has 5 heteroatoms. The molecule has 0 saturated heterocycles. The summed E-state index contributed by atoms with van der Waals surface area (Å²) in [5, 5.41) is 22.2. The summed E-state index contributed by atoms with van der Waals surface area (Å²) in [7, 11) is 0. The molecule has 0 fully saturated rings. The van der Waals surface area contributed by atoms with Gasteiger partial charge in [0.1, 0.15) is 0 Å². The van der Waals surface area contributed by atoms with Gasteiger partial charge in [0, 0.05) is 43.9 Å². The molecule has 0 unspecified atom stereocenters. The van der Waals surface area contributed by atoms with Crippen molar-refractivity contribution in [3.05, 3.63) is 199 Å². The molecule has 3 aromatic heterocycles. The van der Waals surface area contributed by atoms with E-state index in [-0.39, 0.29) is 0 Å². The second-order valence-corrected chi connectivity index (χ2v) is 14.1. The van der Waals surface area contributed by atoms with Gasteiger partial charge in [-0.2, -0.15) is 0 Å². The molecular weight excluding hydrogens is 671 g/mol. The van der Waals surface area contributed by atoms with Crippen LogP contribution < -0.4 is 5.32 Å². The third kappa shape index (κ3) is 4.70. The predicted molar refractivity (Wildman–Crippen MR) is 231 cm³/mol. The smallest absolute Gasteiger partial charge is 0.0960 e. The second-order valence-electron chi connectivity index (χ2n) is 14.1. The van der Waals surface area contributed by atoms with Crippen LogP contribution in [0.3, 0.4) is 0 Å². The van der Waals surface area contributed by atoms with E-state index < -0.39 is 0 Å². The minimum Gasteiger partial charge on any atom is -0.365 e. The maximum absolute atomic E-state index is 9.88. The van der Waals surface area contributed by atoms with Gasteiger partial charge in [0.25, 0.3) is 0 Å². The number of benzene rings is 8. The molecular formula is C50H35N5. The number of hydrogen-bond acceptors (Lipinski definition) is 2. The lowest BCUT2D eigenvalue weighted by Crippen LogP contribution is -2.14. The van der Waals surface area contributed by atoms with Gasteiger partial charge in [0.2, 0.25) is 0 Å². The first-order valence-electron chi connectivity index (χ1n) is 18.7. The lowest BCUT2D eigenvalue weighted by atomic mass is 10.0. The van der Waals surface area contributed by atoms with Crippen LogP contribution in [0.5, 0.6) is 0 Å². The lowest BCUT2D eigenvalue weighted by Gasteiger charge is -2.17. The van der Waals surface area contributed by atoms with Crippen LogP contribution in [0.15, 0.2) is 188 Å². The molecule has 8 aromatic carbocycles. The summed E-state index contributed by atoms with van der Waals surface area (Å²) in [6.45, 7) is 0.478. The monoisotopic (exact) mass is 705 g/mol. The first-order chi connectivity index (χ1) is 27.3. The Morgan fingerprint density at radius 3 is 1.69 bits per heavy atom. The molecule has 11 rings (SSSR count). The molecule has 0 aliphatic carbocycles. The van der Waals surface area contributed by atoms with E-state index in [0.717, 1.165) is 55.5 Å². The molecule has 2 N–H and O–H groups in total. The molecule has 3 heterocycles. The molecule has 0 atom stereocenters. The van der Waals surface area contributed by atoms with Crippen molar-refractivity contribution < 1.29 is 0 Å². The van der Waals surface area contributed by atoms with Crippen LogP contribution in [0.1, 0.15) is 11.3 Å². The largest absolute Gasteiger partial charge is 0.365 e. The highest BCUT2D eigenvalue weighted by atomic mass is 15.2. The van der Waals surface area contributed by atoms with Gasteiger partial charge >= 0.3 is 0 Å². The molecule has 0 aliphatic rings. The number of fused-ring (bicyclic) bond motifs is 10. The highest BCUT2D eigenvalue weighted by molar-refractivity contribution is 6.25. The Balaban J connectivity index is 1.22. The van der Waals surface area contributed by atoms with E-state index in [1.807, 2.05) is 36.4 Å². The highest BCUT2D eigenvalue weighted by Gasteiger charge is 2.26. The zero-order valence-electron chi connectivity index (χ0n) is 29.9. The normalized spacial score (nSPS) is 11.8. The van der Waals surface area contributed by atoms with E-state index in [4.69, 9.17) is 0 Å². The van der Waals surface area contributed by atoms with Crippen LogP contribution >= 0.6 is 0 Å². The predicted octanol–water partition coefficient (Wildman–Crippen LogP) is 12.5. The summed E-state index contributed by atoms with van der Waals surface area (Å²) >= 11 is 0. The fraction of sp³-hybridized carbons (Fsp3) is 0.0200. The summed E-state index contributed by atoms with van der Waals surface area (Å²) in [6, 6.07) is 66.3. The summed E-state index contributed by atoms with van der Waals surface area (Å²) in [5.41, 5.74) is 11.0. The molecule has 55 heavy (non-hydrogen) atoms. The SMILES string of the molecule is N=C(c1ccccc1)c1c(NCn2c3ccccc3c3ccc4c5ccccc5n(-c5ccccc5)c4c32)c2c3ccccc3ccc2n1-c1ccccc1. The van der Waals surface area contributed by atoms with Gasteiger partial charge in [0.15, 0.2) is 0 Å². The molecule has 0 bridgehead atoms. The fourth-order valence-corrected chi connectivity index (χ4v) is 8.81. The summed E-state index contributed by atoms with van der Waals surface area (Å²) in [4.78, 5) is 0. The van der Waals surface area contributed by atoms with E-state index in [0.29, 0.717) is 12.4 Å². The lowest BCUT2D eigenvalue weighted by molar-refractivity contribution is 0.842. The van der Waals surface area contributed by atoms with Crippen LogP contribution in [0, 0.1) is 5.41 Å². The fourth-order valence-electron chi connectivity index (χ4n) is 8.81. The quantitative estimate of drug-likeness (QED) is 0.159. The van der Waals surface area contributed by atoms with Crippen LogP contribution in [0.4, 0.5) is 5.69 Å². The topological polar surface area (TPSA) is 50.7 Å². The zero-order chi connectivity index (χ0) is 36.5. The van der Waals surface area contributed by atoms with Crippen molar-refractivity contribution in [2.75, 3.05) is 5.32 Å². The maximum Gasteiger partial charge on any atom is 0.0960 e. The van der Waals surface area contributed by atoms with Crippen molar-refractivity contribution >= 4 is 76.7 Å². The van der Waals surface area contributed by atoms with Crippen molar-refractivity contribution in [1.29, 1.82) is 5.41 Å². The van der Waals surface area contributed by atoms with E-state index in [1.165, 1.54) is 38.1 Å². The van der Waals surface area contributed by atoms with Gasteiger partial charge in [-0.25, -0.2) is 0 Å². The number of nitrogens with one attached hydrogen (secondary N) is 2. The van der Waals surface area contributed by atoms with Crippen LogP contribution in [0.25, 0.3) is 76.7 Å². The van der Waals surface area contributed by atoms with Gasteiger partial charge in [-0.1, -0.05) is 146 Å². The second kappa shape index (κ2) is 12.4. The Kier molecular flexibility index (Phi) is 7.01. The number of aromatic nitrogens is 3. The Morgan fingerprint density at radius 2 is 0.982 bits per heavy atom. The third-order valence-corrected chi connectivity index (χ3v) is 11.2. The number of nitrogens with zero attached hydrogens (tertiary/aromatic N) is 3. The minimum atomic E-state index is 0.459. The van der Waals surface area contributed by atoms with Crippen LogP contribution in [-0.2, 0) is 6.67 Å². The van der Waals surface area contributed by atoms with E-state index in [2.05, 4.69) is 171 Å². The van der Waals surface area contributed by atoms with E-state index >= 15 is 0 Å². The molecule has 11 aromatic rings. The summed E-state index contributed by atoms with van der Waals surface area (Å²) in [5.74, 6) is 0. The number of para-hydroxylation sites is 4. The van der Waals surface area contributed by atoms with Crippen molar-refractivity contribution in [2.24, 2.45) is 0 Å². The van der Waals surface area contributed by atoms with Crippen LogP contribution in [-0.4, -0.2) is 19.4 Å². The average Bonchev–Trinajstić information content (AvgIpc) is 3.89. The average molecular weight is 706 g/mol. The Morgan fingerprint density at radius 1 is 0.436 bits per heavy atom. The number of rotatable bonds is 7.